The van der Waals surface area contributed by atoms with Gasteiger partial charge in [0.05, 0.1) is 13.0 Å². The van der Waals surface area contributed by atoms with Crippen molar-refractivity contribution in [3.05, 3.63) is 76.3 Å². The molecule has 0 aromatic heterocycles. The summed E-state index contributed by atoms with van der Waals surface area (Å²) in [6, 6.07) is 14.5. The summed E-state index contributed by atoms with van der Waals surface area (Å²) in [6.07, 6.45) is 2.68. The van der Waals surface area contributed by atoms with E-state index in [9.17, 15) is 9.90 Å². The summed E-state index contributed by atoms with van der Waals surface area (Å²) < 4.78 is 12.5. The quantitative estimate of drug-likeness (QED) is 0.178. The van der Waals surface area contributed by atoms with Gasteiger partial charge in [-0.2, -0.15) is 0 Å². The van der Waals surface area contributed by atoms with Crippen molar-refractivity contribution in [2.24, 2.45) is 5.73 Å². The number of fused-ring (bicyclic) bond motifs is 1. The molecule has 4 rings (SSSR count). The third-order valence-electron chi connectivity index (χ3n) is 7.23. The van der Waals surface area contributed by atoms with E-state index < -0.39 is 0 Å². The molecule has 9 heteroatoms. The standard InChI is InChI=1S/C30H36N4O4.ClH/c1-18-19(2)28-25(20(3)27(18)36)13-14-30(4,38-28)15-16-37-24-11-9-22(10-12-24)33-26(35)17-21-5-7-23(8-6-21)34-29(31)32;/h5-12,36H,13-17H2,1-4H3,(H,33,35)(H4,31,32,34);1H. The van der Waals surface area contributed by atoms with E-state index in [2.05, 4.69) is 17.6 Å². The van der Waals surface area contributed by atoms with Crippen LogP contribution < -0.4 is 25.8 Å². The van der Waals surface area contributed by atoms with Gasteiger partial charge in [-0.15, -0.1) is 12.4 Å². The molecule has 0 saturated heterocycles. The first kappa shape index (κ1) is 29.6. The van der Waals surface area contributed by atoms with E-state index >= 15 is 0 Å². The number of phenolic OH excluding ortho intramolecular Hbond substituents is 1. The van der Waals surface area contributed by atoms with Crippen molar-refractivity contribution < 1.29 is 19.4 Å². The number of nitrogens with two attached hydrogens (primary N) is 1. The predicted molar refractivity (Wildman–Crippen MR) is 158 cm³/mol. The Bertz CT molecular complexity index is 1340. The fraction of sp³-hybridized carbons (Fsp3) is 0.333. The van der Waals surface area contributed by atoms with Gasteiger partial charge in [-0.1, -0.05) is 12.1 Å². The van der Waals surface area contributed by atoms with Gasteiger partial charge in [-0.05, 0) is 99.2 Å². The van der Waals surface area contributed by atoms with Crippen LogP contribution in [0.3, 0.4) is 0 Å². The van der Waals surface area contributed by atoms with Gasteiger partial charge in [0.1, 0.15) is 22.8 Å². The van der Waals surface area contributed by atoms with Crippen LogP contribution in [0.15, 0.2) is 48.5 Å². The number of ether oxygens (including phenoxy) is 2. The Balaban J connectivity index is 0.00000420. The van der Waals surface area contributed by atoms with Gasteiger partial charge in [0.25, 0.3) is 0 Å². The number of halogens is 1. The van der Waals surface area contributed by atoms with Gasteiger partial charge in [0, 0.05) is 23.4 Å². The summed E-state index contributed by atoms with van der Waals surface area (Å²) in [5.41, 5.74) is 11.1. The molecule has 1 atom stereocenters. The highest BCUT2D eigenvalue weighted by Gasteiger charge is 2.34. The lowest BCUT2D eigenvalue weighted by molar-refractivity contribution is -0.115. The monoisotopic (exact) mass is 552 g/mol. The van der Waals surface area contributed by atoms with Crippen LogP contribution in [0.1, 0.15) is 47.6 Å². The van der Waals surface area contributed by atoms with Crippen LogP contribution >= 0.6 is 12.4 Å². The highest BCUT2D eigenvalue weighted by atomic mass is 35.5. The maximum Gasteiger partial charge on any atom is 0.228 e. The first-order chi connectivity index (χ1) is 18.0. The maximum absolute atomic E-state index is 12.4. The number of aromatic hydroxyl groups is 1. The van der Waals surface area contributed by atoms with Crippen LogP contribution in [0.2, 0.25) is 0 Å². The molecule has 39 heavy (non-hydrogen) atoms. The molecule has 0 aliphatic carbocycles. The van der Waals surface area contributed by atoms with Crippen molar-refractivity contribution in [3.8, 4) is 17.2 Å². The first-order valence-electron chi connectivity index (χ1n) is 12.8. The third kappa shape index (κ3) is 7.15. The van der Waals surface area contributed by atoms with E-state index in [0.29, 0.717) is 23.7 Å². The summed E-state index contributed by atoms with van der Waals surface area (Å²) >= 11 is 0. The summed E-state index contributed by atoms with van der Waals surface area (Å²) in [6.45, 7) is 8.49. The smallest absolute Gasteiger partial charge is 0.228 e. The molecular weight excluding hydrogens is 516 g/mol. The van der Waals surface area contributed by atoms with Crippen LogP contribution in [-0.2, 0) is 17.6 Å². The van der Waals surface area contributed by atoms with E-state index in [-0.39, 0.29) is 36.3 Å². The van der Waals surface area contributed by atoms with Crippen LogP contribution in [0.25, 0.3) is 0 Å². The van der Waals surface area contributed by atoms with E-state index in [4.69, 9.17) is 20.6 Å². The average molecular weight is 553 g/mol. The number of rotatable bonds is 8. The second-order valence-corrected chi connectivity index (χ2v) is 10.2. The minimum atomic E-state index is -0.345. The van der Waals surface area contributed by atoms with E-state index in [1.54, 1.807) is 12.1 Å². The van der Waals surface area contributed by atoms with Crippen molar-refractivity contribution in [2.45, 2.75) is 59.0 Å². The zero-order valence-corrected chi connectivity index (χ0v) is 23.6. The lowest BCUT2D eigenvalue weighted by Crippen LogP contribution is -2.38. The second kappa shape index (κ2) is 12.3. The van der Waals surface area contributed by atoms with E-state index in [0.717, 1.165) is 58.6 Å². The number of amides is 1. The number of guanidine groups is 1. The summed E-state index contributed by atoms with van der Waals surface area (Å²) in [7, 11) is 0. The van der Waals surface area contributed by atoms with Crippen molar-refractivity contribution in [2.75, 3.05) is 17.2 Å². The number of carbonyl (C=O) groups excluding carboxylic acids is 1. The molecular formula is C30H37ClN4O4. The third-order valence-corrected chi connectivity index (χ3v) is 7.23. The maximum atomic E-state index is 12.4. The Morgan fingerprint density at radius 3 is 2.28 bits per heavy atom. The molecule has 0 spiro atoms. The molecule has 3 aromatic carbocycles. The second-order valence-electron chi connectivity index (χ2n) is 10.2. The SMILES string of the molecule is Cc1c(C)c2c(c(C)c1O)CCC(C)(CCOc1ccc(NC(=O)Cc3ccc(NC(=N)N)cc3)cc1)O2.Cl. The van der Waals surface area contributed by atoms with Gasteiger partial charge < -0.3 is 30.9 Å². The first-order valence-corrected chi connectivity index (χ1v) is 12.8. The minimum Gasteiger partial charge on any atom is -0.507 e. The number of anilines is 2. The van der Waals surface area contributed by atoms with Gasteiger partial charge >= 0.3 is 0 Å². The highest BCUT2D eigenvalue weighted by Crippen LogP contribution is 2.44. The topological polar surface area (TPSA) is 130 Å². The van der Waals surface area contributed by atoms with Crippen LogP contribution in [-0.4, -0.2) is 29.2 Å². The Hall–Kier alpha value is -3.91. The molecule has 3 aromatic rings. The summed E-state index contributed by atoms with van der Waals surface area (Å²) in [5, 5.41) is 23.3. The molecule has 1 amide bonds. The average Bonchev–Trinajstić information content (AvgIpc) is 2.88. The number of nitrogens with one attached hydrogen (secondary N) is 3. The van der Waals surface area contributed by atoms with Crippen molar-refractivity contribution in [1.29, 1.82) is 5.41 Å². The molecule has 0 fully saturated rings. The Morgan fingerprint density at radius 1 is 1.03 bits per heavy atom. The molecule has 0 radical (unpaired) electrons. The van der Waals surface area contributed by atoms with Gasteiger partial charge in [0.15, 0.2) is 5.96 Å². The van der Waals surface area contributed by atoms with E-state index in [1.165, 1.54) is 0 Å². The normalized spacial score (nSPS) is 15.8. The number of hydrogen-bond acceptors (Lipinski definition) is 5. The molecule has 1 heterocycles. The summed E-state index contributed by atoms with van der Waals surface area (Å²) in [5.74, 6) is 1.74. The number of benzene rings is 3. The molecule has 8 nitrogen and oxygen atoms in total. The molecule has 1 aliphatic heterocycles. The van der Waals surface area contributed by atoms with Crippen LogP contribution in [0.5, 0.6) is 17.2 Å². The molecule has 1 unspecified atom stereocenters. The molecule has 208 valence electrons. The zero-order chi connectivity index (χ0) is 27.4. The van der Waals surface area contributed by atoms with Crippen molar-refractivity contribution in [3.63, 3.8) is 0 Å². The molecule has 0 saturated carbocycles. The zero-order valence-electron chi connectivity index (χ0n) is 22.8. The van der Waals surface area contributed by atoms with Crippen molar-refractivity contribution in [1.82, 2.24) is 0 Å². The van der Waals surface area contributed by atoms with Gasteiger partial charge in [0.2, 0.25) is 5.91 Å². The van der Waals surface area contributed by atoms with Crippen LogP contribution in [0, 0.1) is 26.2 Å². The number of carbonyl (C=O) groups is 1. The Labute approximate surface area is 235 Å². The van der Waals surface area contributed by atoms with Crippen molar-refractivity contribution >= 4 is 35.6 Å². The van der Waals surface area contributed by atoms with Gasteiger partial charge in [-0.3, -0.25) is 10.2 Å². The molecule has 6 N–H and O–H groups in total. The Kier molecular flexibility index (Phi) is 9.35. The number of hydrogen-bond donors (Lipinski definition) is 5. The predicted octanol–water partition coefficient (Wildman–Crippen LogP) is 5.78. The van der Waals surface area contributed by atoms with E-state index in [1.807, 2.05) is 57.2 Å². The molecule has 0 bridgehead atoms. The fourth-order valence-electron chi connectivity index (χ4n) is 4.74. The fourth-order valence-corrected chi connectivity index (χ4v) is 4.74. The van der Waals surface area contributed by atoms with Crippen LogP contribution in [0.4, 0.5) is 11.4 Å². The number of phenols is 1. The lowest BCUT2D eigenvalue weighted by atomic mass is 9.86. The largest absolute Gasteiger partial charge is 0.507 e. The lowest BCUT2D eigenvalue weighted by Gasteiger charge is -2.38. The van der Waals surface area contributed by atoms with Gasteiger partial charge in [-0.25, -0.2) is 0 Å². The highest BCUT2D eigenvalue weighted by molar-refractivity contribution is 5.92. The summed E-state index contributed by atoms with van der Waals surface area (Å²) in [4.78, 5) is 12.4. The Morgan fingerprint density at radius 2 is 1.64 bits per heavy atom. The molecule has 1 aliphatic rings. The minimum absolute atomic E-state index is 0.